The van der Waals surface area contributed by atoms with Crippen molar-refractivity contribution in [2.24, 2.45) is 5.92 Å². The monoisotopic (exact) mass is 401 g/mol. The molecular formula is C22H31N3O4. The third kappa shape index (κ3) is 6.76. The van der Waals surface area contributed by atoms with E-state index in [1.165, 1.54) is 6.42 Å². The van der Waals surface area contributed by atoms with Crippen LogP contribution in [0.15, 0.2) is 30.3 Å². The Morgan fingerprint density at radius 1 is 0.931 bits per heavy atom. The van der Waals surface area contributed by atoms with Crippen molar-refractivity contribution in [3.63, 3.8) is 0 Å². The van der Waals surface area contributed by atoms with Gasteiger partial charge in [-0.2, -0.15) is 0 Å². The Balaban J connectivity index is 1.31. The molecule has 1 aromatic carbocycles. The smallest absolute Gasteiger partial charge is 0.309 e. The molecule has 1 aromatic rings. The lowest BCUT2D eigenvalue weighted by Crippen LogP contribution is -2.47. The predicted octanol–water partition coefficient (Wildman–Crippen LogP) is 1.87. The third-order valence-electron chi connectivity index (χ3n) is 5.77. The molecule has 0 atom stereocenters. The highest BCUT2D eigenvalue weighted by molar-refractivity contribution is 6.35. The number of carbonyl (C=O) groups is 3. The number of benzene rings is 1. The summed E-state index contributed by atoms with van der Waals surface area (Å²) in [6.45, 7) is 1.80. The Morgan fingerprint density at radius 2 is 1.62 bits per heavy atom. The SMILES string of the molecule is O=C(NCC1CCN(C(=O)COc2ccccc2)CC1)C(=O)NC1CCCCC1. The Bertz CT molecular complexity index is 681. The van der Waals surface area contributed by atoms with E-state index in [1.54, 1.807) is 4.90 Å². The number of nitrogens with zero attached hydrogens (tertiary/aromatic N) is 1. The highest BCUT2D eigenvalue weighted by Gasteiger charge is 2.25. The van der Waals surface area contributed by atoms with E-state index in [1.807, 2.05) is 30.3 Å². The molecular weight excluding hydrogens is 370 g/mol. The van der Waals surface area contributed by atoms with Crippen LogP contribution in [0.5, 0.6) is 5.75 Å². The van der Waals surface area contributed by atoms with Crippen LogP contribution in [0, 0.1) is 5.92 Å². The Labute approximate surface area is 172 Å². The summed E-state index contributed by atoms with van der Waals surface area (Å²) in [5.74, 6) is -0.137. The molecule has 0 aromatic heterocycles. The van der Waals surface area contributed by atoms with Crippen molar-refractivity contribution in [3.05, 3.63) is 30.3 Å². The minimum absolute atomic E-state index is 0.0248. The summed E-state index contributed by atoms with van der Waals surface area (Å²) in [7, 11) is 0. The minimum atomic E-state index is -0.551. The lowest BCUT2D eigenvalue weighted by atomic mass is 9.95. The summed E-state index contributed by atoms with van der Waals surface area (Å²) in [4.78, 5) is 38.2. The number of nitrogens with one attached hydrogen (secondary N) is 2. The summed E-state index contributed by atoms with van der Waals surface area (Å²) in [6.07, 6.45) is 6.96. The second-order valence-electron chi connectivity index (χ2n) is 7.94. The first-order valence-electron chi connectivity index (χ1n) is 10.7. The molecule has 7 heteroatoms. The van der Waals surface area contributed by atoms with Gasteiger partial charge in [-0.3, -0.25) is 14.4 Å². The van der Waals surface area contributed by atoms with Crippen LogP contribution in [0.4, 0.5) is 0 Å². The molecule has 0 unspecified atom stereocenters. The van der Waals surface area contributed by atoms with E-state index in [4.69, 9.17) is 4.74 Å². The fraction of sp³-hybridized carbons (Fsp3) is 0.591. The fourth-order valence-corrected chi connectivity index (χ4v) is 3.95. The quantitative estimate of drug-likeness (QED) is 0.713. The largest absolute Gasteiger partial charge is 0.484 e. The molecule has 3 amide bonds. The van der Waals surface area contributed by atoms with E-state index in [9.17, 15) is 14.4 Å². The highest BCUT2D eigenvalue weighted by Crippen LogP contribution is 2.18. The summed E-state index contributed by atoms with van der Waals surface area (Å²) in [5.41, 5.74) is 0. The van der Waals surface area contributed by atoms with E-state index < -0.39 is 11.8 Å². The van der Waals surface area contributed by atoms with Crippen LogP contribution >= 0.6 is 0 Å². The maximum atomic E-state index is 12.3. The van der Waals surface area contributed by atoms with Gasteiger partial charge in [0.2, 0.25) is 0 Å². The molecule has 1 aliphatic carbocycles. The number of ether oxygens (including phenoxy) is 1. The summed E-state index contributed by atoms with van der Waals surface area (Å²) >= 11 is 0. The molecule has 1 saturated carbocycles. The first kappa shape index (κ1) is 21.1. The second-order valence-corrected chi connectivity index (χ2v) is 7.94. The lowest BCUT2D eigenvalue weighted by molar-refractivity contribution is -0.140. The van der Waals surface area contributed by atoms with Crippen LogP contribution in [0.25, 0.3) is 0 Å². The topological polar surface area (TPSA) is 87.7 Å². The normalized spacial score (nSPS) is 18.1. The number of para-hydroxylation sites is 1. The summed E-state index contributed by atoms with van der Waals surface area (Å²) < 4.78 is 5.52. The van der Waals surface area contributed by atoms with Gasteiger partial charge >= 0.3 is 11.8 Å². The summed E-state index contributed by atoms with van der Waals surface area (Å²) in [6, 6.07) is 9.43. The molecule has 0 spiro atoms. The predicted molar refractivity (Wildman–Crippen MR) is 109 cm³/mol. The molecule has 2 fully saturated rings. The van der Waals surface area contributed by atoms with Crippen LogP contribution in [0.2, 0.25) is 0 Å². The zero-order valence-electron chi connectivity index (χ0n) is 16.9. The van der Waals surface area contributed by atoms with Crippen molar-refractivity contribution < 1.29 is 19.1 Å². The number of hydrogen-bond donors (Lipinski definition) is 2. The zero-order valence-corrected chi connectivity index (χ0v) is 16.9. The Morgan fingerprint density at radius 3 is 2.31 bits per heavy atom. The van der Waals surface area contributed by atoms with Gasteiger partial charge in [-0.1, -0.05) is 37.5 Å². The first-order valence-corrected chi connectivity index (χ1v) is 10.7. The molecule has 1 aliphatic heterocycles. The van der Waals surface area contributed by atoms with Gasteiger partial charge in [0.15, 0.2) is 6.61 Å². The number of rotatable bonds is 6. The van der Waals surface area contributed by atoms with Crippen molar-refractivity contribution >= 4 is 17.7 Å². The molecule has 1 heterocycles. The molecule has 2 N–H and O–H groups in total. The minimum Gasteiger partial charge on any atom is -0.484 e. The third-order valence-corrected chi connectivity index (χ3v) is 5.77. The van der Waals surface area contributed by atoms with Crippen molar-refractivity contribution in [1.82, 2.24) is 15.5 Å². The van der Waals surface area contributed by atoms with E-state index in [0.29, 0.717) is 25.4 Å². The van der Waals surface area contributed by atoms with Gasteiger partial charge in [-0.05, 0) is 43.7 Å². The summed E-state index contributed by atoms with van der Waals surface area (Å²) in [5, 5.41) is 5.59. The van der Waals surface area contributed by atoms with Crippen molar-refractivity contribution in [2.45, 2.75) is 51.0 Å². The van der Waals surface area contributed by atoms with E-state index in [-0.39, 0.29) is 24.5 Å². The molecule has 1 saturated heterocycles. The van der Waals surface area contributed by atoms with Crippen molar-refractivity contribution in [2.75, 3.05) is 26.2 Å². The van der Waals surface area contributed by atoms with Crippen LogP contribution in [0.3, 0.4) is 0 Å². The van der Waals surface area contributed by atoms with Gasteiger partial charge in [0.25, 0.3) is 5.91 Å². The van der Waals surface area contributed by atoms with Crippen LogP contribution < -0.4 is 15.4 Å². The van der Waals surface area contributed by atoms with Gasteiger partial charge < -0.3 is 20.3 Å². The van der Waals surface area contributed by atoms with Gasteiger partial charge in [0.1, 0.15) is 5.75 Å². The Kier molecular flexibility index (Phi) is 7.90. The second kappa shape index (κ2) is 10.8. The molecule has 2 aliphatic rings. The van der Waals surface area contributed by atoms with Crippen LogP contribution in [0.1, 0.15) is 44.9 Å². The van der Waals surface area contributed by atoms with E-state index in [0.717, 1.165) is 38.5 Å². The van der Waals surface area contributed by atoms with Crippen LogP contribution in [-0.2, 0) is 14.4 Å². The maximum absolute atomic E-state index is 12.3. The number of carbonyl (C=O) groups excluding carboxylic acids is 3. The molecule has 7 nitrogen and oxygen atoms in total. The first-order chi connectivity index (χ1) is 14.1. The number of hydrogen-bond acceptors (Lipinski definition) is 4. The van der Waals surface area contributed by atoms with Crippen molar-refractivity contribution in [3.8, 4) is 5.75 Å². The van der Waals surface area contributed by atoms with Crippen molar-refractivity contribution in [1.29, 1.82) is 0 Å². The van der Waals surface area contributed by atoms with Gasteiger partial charge in [-0.25, -0.2) is 0 Å². The Hall–Kier alpha value is -2.57. The number of amides is 3. The number of piperidine rings is 1. The molecule has 0 radical (unpaired) electrons. The van der Waals surface area contributed by atoms with Gasteiger partial charge in [0, 0.05) is 25.7 Å². The highest BCUT2D eigenvalue weighted by atomic mass is 16.5. The number of likely N-dealkylation sites (tertiary alicyclic amines) is 1. The van der Waals surface area contributed by atoms with E-state index in [2.05, 4.69) is 10.6 Å². The molecule has 0 bridgehead atoms. The van der Waals surface area contributed by atoms with Gasteiger partial charge in [0.05, 0.1) is 0 Å². The fourth-order valence-electron chi connectivity index (χ4n) is 3.95. The van der Waals surface area contributed by atoms with E-state index >= 15 is 0 Å². The maximum Gasteiger partial charge on any atom is 0.309 e. The average Bonchev–Trinajstić information content (AvgIpc) is 2.77. The average molecular weight is 402 g/mol. The van der Waals surface area contributed by atoms with Crippen LogP contribution in [-0.4, -0.2) is 54.9 Å². The zero-order chi connectivity index (χ0) is 20.5. The molecule has 29 heavy (non-hydrogen) atoms. The lowest BCUT2D eigenvalue weighted by Gasteiger charge is -2.32. The van der Waals surface area contributed by atoms with Gasteiger partial charge in [-0.15, -0.1) is 0 Å². The standard InChI is InChI=1S/C22H31N3O4/c26-20(16-29-19-9-5-2-6-10-19)25-13-11-17(12-14-25)15-23-21(27)22(28)24-18-7-3-1-4-8-18/h2,5-6,9-10,17-18H,1,3-4,7-8,11-16H2,(H,23,27)(H,24,28). The molecule has 3 rings (SSSR count). The molecule has 158 valence electrons.